The second kappa shape index (κ2) is 8.27. The van der Waals surface area contributed by atoms with E-state index in [4.69, 9.17) is 16.7 Å². The third kappa shape index (κ3) is 4.48. The van der Waals surface area contributed by atoms with Gasteiger partial charge in [-0.25, -0.2) is 4.79 Å². The molecule has 1 aromatic carbocycles. The van der Waals surface area contributed by atoms with Crippen LogP contribution in [0.2, 0.25) is 5.02 Å². The van der Waals surface area contributed by atoms with Crippen molar-refractivity contribution < 1.29 is 14.7 Å². The number of benzene rings is 1. The summed E-state index contributed by atoms with van der Waals surface area (Å²) in [5, 5.41) is 12.8. The molecule has 1 unspecified atom stereocenters. The molecule has 0 radical (unpaired) electrons. The molecule has 2 N–H and O–H groups in total. The van der Waals surface area contributed by atoms with Crippen LogP contribution in [0.15, 0.2) is 24.3 Å². The Morgan fingerprint density at radius 2 is 2.00 bits per heavy atom. The van der Waals surface area contributed by atoms with Crippen LogP contribution >= 0.6 is 11.6 Å². The zero-order valence-corrected chi connectivity index (χ0v) is 15.8. The number of rotatable bonds is 6. The van der Waals surface area contributed by atoms with Crippen LogP contribution in [0.3, 0.4) is 0 Å². The van der Waals surface area contributed by atoms with Gasteiger partial charge in [0.15, 0.2) is 0 Å². The van der Waals surface area contributed by atoms with Gasteiger partial charge in [-0.3, -0.25) is 9.69 Å². The van der Waals surface area contributed by atoms with Gasteiger partial charge in [0.1, 0.15) is 0 Å². The quantitative estimate of drug-likeness (QED) is 0.797. The van der Waals surface area contributed by atoms with E-state index in [1.165, 1.54) is 5.56 Å². The van der Waals surface area contributed by atoms with E-state index >= 15 is 0 Å². The van der Waals surface area contributed by atoms with Gasteiger partial charge in [0.25, 0.3) is 0 Å². The summed E-state index contributed by atoms with van der Waals surface area (Å²) in [6.45, 7) is 4.23. The van der Waals surface area contributed by atoms with Crippen LogP contribution in [0.4, 0.5) is 4.79 Å². The third-order valence-electron chi connectivity index (χ3n) is 5.52. The minimum Gasteiger partial charge on any atom is -0.480 e. The predicted molar refractivity (Wildman–Crippen MR) is 101 cm³/mol. The fourth-order valence-corrected chi connectivity index (χ4v) is 4.02. The fraction of sp³-hybridized carbons (Fsp3) is 0.579. The molecule has 2 amide bonds. The maximum atomic E-state index is 12.5. The van der Waals surface area contributed by atoms with Crippen molar-refractivity contribution >= 4 is 23.6 Å². The van der Waals surface area contributed by atoms with Gasteiger partial charge < -0.3 is 15.3 Å². The van der Waals surface area contributed by atoms with Gasteiger partial charge in [0.05, 0.1) is 6.54 Å². The Hall–Kier alpha value is -1.79. The van der Waals surface area contributed by atoms with Crippen LogP contribution in [0, 0.1) is 0 Å². The molecular formula is C19H26ClN3O3. The van der Waals surface area contributed by atoms with Gasteiger partial charge in [-0.05, 0) is 43.5 Å². The molecule has 2 fully saturated rings. The number of likely N-dealkylation sites (N-methyl/N-ethyl adjacent to an activating group) is 1. The zero-order valence-electron chi connectivity index (χ0n) is 15.0. The Labute approximate surface area is 159 Å². The number of nitrogens with zero attached hydrogens (tertiary/aromatic N) is 2. The molecule has 1 saturated carbocycles. The average molecular weight is 380 g/mol. The highest BCUT2D eigenvalue weighted by molar-refractivity contribution is 6.30. The van der Waals surface area contributed by atoms with Crippen LogP contribution in [0.5, 0.6) is 0 Å². The fourth-order valence-electron chi connectivity index (χ4n) is 3.89. The number of hydrogen-bond donors (Lipinski definition) is 2. The number of aliphatic carboxylic acids is 1. The first kappa shape index (κ1) is 19.0. The molecule has 6 nitrogen and oxygen atoms in total. The number of amides is 2. The number of hydrogen-bond acceptors (Lipinski definition) is 3. The lowest BCUT2D eigenvalue weighted by Crippen LogP contribution is -2.56. The minimum atomic E-state index is -0.801. The Balaban J connectivity index is 1.44. The van der Waals surface area contributed by atoms with E-state index in [0.29, 0.717) is 12.5 Å². The highest BCUT2D eigenvalue weighted by Crippen LogP contribution is 2.29. The SMILES string of the molecule is CCN(CC(=O)O)C1CC(NC(=O)N2CCC(c3ccc(Cl)cc3)C2)C1. The molecule has 1 aromatic rings. The summed E-state index contributed by atoms with van der Waals surface area (Å²) in [5.74, 6) is -0.442. The van der Waals surface area contributed by atoms with Gasteiger partial charge in [-0.2, -0.15) is 0 Å². The highest BCUT2D eigenvalue weighted by Gasteiger charge is 2.36. The maximum absolute atomic E-state index is 12.5. The lowest BCUT2D eigenvalue weighted by molar-refractivity contribution is -0.139. The largest absolute Gasteiger partial charge is 0.480 e. The lowest BCUT2D eigenvalue weighted by Gasteiger charge is -2.42. The summed E-state index contributed by atoms with van der Waals surface area (Å²) >= 11 is 5.94. The predicted octanol–water partition coefficient (Wildman–Crippen LogP) is 2.78. The first-order chi connectivity index (χ1) is 12.5. The zero-order chi connectivity index (χ0) is 18.7. The van der Waals surface area contributed by atoms with Crippen LogP contribution in [-0.2, 0) is 4.79 Å². The smallest absolute Gasteiger partial charge is 0.317 e. The summed E-state index contributed by atoms with van der Waals surface area (Å²) in [6, 6.07) is 8.24. The molecule has 142 valence electrons. The van der Waals surface area contributed by atoms with Crippen LogP contribution < -0.4 is 5.32 Å². The molecular weight excluding hydrogens is 354 g/mol. The standard InChI is InChI=1S/C19H26ClN3O3/c1-2-22(12-18(24)25)17-9-16(10-17)21-19(26)23-8-7-14(11-23)13-3-5-15(20)6-4-13/h3-6,14,16-17H,2,7-12H2,1H3,(H,21,26)(H,24,25). The van der Waals surface area contributed by atoms with E-state index in [1.54, 1.807) is 0 Å². The van der Waals surface area contributed by atoms with E-state index in [1.807, 2.05) is 41.0 Å². The molecule has 3 rings (SSSR count). The maximum Gasteiger partial charge on any atom is 0.317 e. The molecule has 2 aliphatic rings. The minimum absolute atomic E-state index is 0.00815. The molecule has 7 heteroatoms. The van der Waals surface area contributed by atoms with Gasteiger partial charge in [0, 0.05) is 36.1 Å². The normalized spacial score (nSPS) is 25.2. The van der Waals surface area contributed by atoms with Gasteiger partial charge in [-0.1, -0.05) is 30.7 Å². The van der Waals surface area contributed by atoms with Crippen molar-refractivity contribution in [2.75, 3.05) is 26.2 Å². The molecule has 1 saturated heterocycles. The van der Waals surface area contributed by atoms with Crippen molar-refractivity contribution in [2.24, 2.45) is 0 Å². The first-order valence-electron chi connectivity index (χ1n) is 9.23. The van der Waals surface area contributed by atoms with E-state index in [2.05, 4.69) is 5.32 Å². The van der Waals surface area contributed by atoms with Crippen LogP contribution in [-0.4, -0.2) is 65.2 Å². The summed E-state index contributed by atoms with van der Waals surface area (Å²) in [7, 11) is 0. The Bertz CT molecular complexity index is 646. The third-order valence-corrected chi connectivity index (χ3v) is 5.77. The van der Waals surface area contributed by atoms with Crippen molar-refractivity contribution in [3.8, 4) is 0 Å². The molecule has 1 heterocycles. The van der Waals surface area contributed by atoms with Crippen molar-refractivity contribution in [1.82, 2.24) is 15.1 Å². The van der Waals surface area contributed by atoms with Gasteiger partial charge in [0.2, 0.25) is 0 Å². The molecule has 1 atom stereocenters. The number of likely N-dealkylation sites (tertiary alicyclic amines) is 1. The molecule has 0 spiro atoms. The molecule has 0 aromatic heterocycles. The van der Waals surface area contributed by atoms with E-state index < -0.39 is 5.97 Å². The number of carbonyl (C=O) groups excluding carboxylic acids is 1. The van der Waals surface area contributed by atoms with Crippen molar-refractivity contribution in [2.45, 2.75) is 44.2 Å². The lowest BCUT2D eigenvalue weighted by atomic mass is 9.85. The molecule has 0 bridgehead atoms. The number of nitrogens with one attached hydrogen (secondary N) is 1. The number of carboxylic acids is 1. The second-order valence-electron chi connectivity index (χ2n) is 7.21. The highest BCUT2D eigenvalue weighted by atomic mass is 35.5. The summed E-state index contributed by atoms with van der Waals surface area (Å²) in [4.78, 5) is 27.2. The van der Waals surface area contributed by atoms with Crippen LogP contribution in [0.25, 0.3) is 0 Å². The van der Waals surface area contributed by atoms with E-state index in [0.717, 1.165) is 37.4 Å². The summed E-state index contributed by atoms with van der Waals surface area (Å²) in [6.07, 6.45) is 2.60. The van der Waals surface area contributed by atoms with E-state index in [9.17, 15) is 9.59 Å². The average Bonchev–Trinajstić information content (AvgIpc) is 3.06. The second-order valence-corrected chi connectivity index (χ2v) is 7.65. The van der Waals surface area contributed by atoms with Gasteiger partial charge >= 0.3 is 12.0 Å². The molecule has 26 heavy (non-hydrogen) atoms. The van der Waals surface area contributed by atoms with E-state index in [-0.39, 0.29) is 24.7 Å². The van der Waals surface area contributed by atoms with Gasteiger partial charge in [-0.15, -0.1) is 0 Å². The number of carbonyl (C=O) groups is 2. The van der Waals surface area contributed by atoms with Crippen molar-refractivity contribution in [3.05, 3.63) is 34.9 Å². The monoisotopic (exact) mass is 379 g/mol. The Morgan fingerprint density at radius 1 is 1.31 bits per heavy atom. The number of halogens is 1. The number of urea groups is 1. The molecule has 1 aliphatic heterocycles. The van der Waals surface area contributed by atoms with Crippen LogP contribution in [0.1, 0.15) is 37.7 Å². The van der Waals surface area contributed by atoms with Crippen molar-refractivity contribution in [1.29, 1.82) is 0 Å². The Kier molecular flexibility index (Phi) is 6.04. The topological polar surface area (TPSA) is 72.9 Å². The summed E-state index contributed by atoms with van der Waals surface area (Å²) < 4.78 is 0. The summed E-state index contributed by atoms with van der Waals surface area (Å²) in [5.41, 5.74) is 1.22. The number of carboxylic acid groups (broad SMARTS) is 1. The Morgan fingerprint density at radius 3 is 2.62 bits per heavy atom. The first-order valence-corrected chi connectivity index (χ1v) is 9.60. The molecule has 1 aliphatic carbocycles. The van der Waals surface area contributed by atoms with Crippen molar-refractivity contribution in [3.63, 3.8) is 0 Å².